The van der Waals surface area contributed by atoms with Gasteiger partial charge in [0.15, 0.2) is 0 Å². The Hall–Kier alpha value is -1.62. The highest BCUT2D eigenvalue weighted by Crippen LogP contribution is 2.22. The van der Waals surface area contributed by atoms with Gasteiger partial charge < -0.3 is 11.1 Å². The van der Waals surface area contributed by atoms with Crippen LogP contribution in [0.25, 0.3) is 0 Å². The fourth-order valence-electron chi connectivity index (χ4n) is 1.75. The van der Waals surface area contributed by atoms with E-state index >= 15 is 0 Å². The molecule has 0 spiro atoms. The molecule has 0 bridgehead atoms. The Labute approximate surface area is 108 Å². The standard InChI is InChI=1S/C13H21N3O2/c1-4-13(14,5-2)9-15-11-6-7-12(16(17)18)10(3)8-11/h6-8,15H,4-5,9,14H2,1-3H3. The molecule has 18 heavy (non-hydrogen) atoms. The SMILES string of the molecule is CCC(N)(CC)CNc1ccc([N+](=O)[O-])c(C)c1. The molecule has 0 fully saturated rings. The monoisotopic (exact) mass is 251 g/mol. The normalized spacial score (nSPS) is 11.3. The summed E-state index contributed by atoms with van der Waals surface area (Å²) in [6.45, 7) is 6.52. The number of aryl methyl sites for hydroxylation is 1. The molecular formula is C13H21N3O2. The molecule has 5 heteroatoms. The number of nitro benzene ring substituents is 1. The van der Waals surface area contributed by atoms with Crippen LogP contribution in [0.15, 0.2) is 18.2 Å². The van der Waals surface area contributed by atoms with Gasteiger partial charge in [0.05, 0.1) is 4.92 Å². The third kappa shape index (κ3) is 3.43. The zero-order valence-corrected chi connectivity index (χ0v) is 11.2. The van der Waals surface area contributed by atoms with Gasteiger partial charge in [0, 0.05) is 29.4 Å². The number of benzene rings is 1. The molecule has 1 rings (SSSR count). The van der Waals surface area contributed by atoms with Crippen LogP contribution in [0.1, 0.15) is 32.3 Å². The lowest BCUT2D eigenvalue weighted by Crippen LogP contribution is -2.45. The number of hydrogen-bond acceptors (Lipinski definition) is 4. The van der Waals surface area contributed by atoms with Crippen LogP contribution in [0, 0.1) is 17.0 Å². The van der Waals surface area contributed by atoms with E-state index < -0.39 is 0 Å². The van der Waals surface area contributed by atoms with E-state index in [1.54, 1.807) is 19.1 Å². The van der Waals surface area contributed by atoms with E-state index in [9.17, 15) is 10.1 Å². The van der Waals surface area contributed by atoms with Crippen LogP contribution in [0.5, 0.6) is 0 Å². The lowest BCUT2D eigenvalue weighted by atomic mass is 9.94. The Morgan fingerprint density at radius 3 is 2.44 bits per heavy atom. The highest BCUT2D eigenvalue weighted by Gasteiger charge is 2.20. The van der Waals surface area contributed by atoms with Gasteiger partial charge in [-0.2, -0.15) is 0 Å². The van der Waals surface area contributed by atoms with Gasteiger partial charge in [0.2, 0.25) is 0 Å². The predicted octanol–water partition coefficient (Wildman–Crippen LogP) is 2.83. The maximum absolute atomic E-state index is 10.7. The summed E-state index contributed by atoms with van der Waals surface area (Å²) in [5.41, 5.74) is 7.63. The van der Waals surface area contributed by atoms with Gasteiger partial charge in [-0.15, -0.1) is 0 Å². The highest BCUT2D eigenvalue weighted by atomic mass is 16.6. The first-order valence-electron chi connectivity index (χ1n) is 6.19. The van der Waals surface area contributed by atoms with E-state index in [1.165, 1.54) is 6.07 Å². The first-order chi connectivity index (χ1) is 8.41. The molecule has 0 amide bonds. The topological polar surface area (TPSA) is 81.2 Å². The van der Waals surface area contributed by atoms with E-state index in [0.29, 0.717) is 12.1 Å². The highest BCUT2D eigenvalue weighted by molar-refractivity contribution is 5.53. The second-order valence-electron chi connectivity index (χ2n) is 4.68. The second kappa shape index (κ2) is 5.82. The summed E-state index contributed by atoms with van der Waals surface area (Å²) >= 11 is 0. The smallest absolute Gasteiger partial charge is 0.272 e. The second-order valence-corrected chi connectivity index (χ2v) is 4.68. The van der Waals surface area contributed by atoms with E-state index in [0.717, 1.165) is 18.5 Å². The lowest BCUT2D eigenvalue weighted by molar-refractivity contribution is -0.385. The van der Waals surface area contributed by atoms with Gasteiger partial charge in [-0.1, -0.05) is 13.8 Å². The molecule has 0 atom stereocenters. The van der Waals surface area contributed by atoms with E-state index in [1.807, 2.05) is 0 Å². The molecule has 0 saturated heterocycles. The molecule has 0 heterocycles. The molecule has 1 aromatic carbocycles. The van der Waals surface area contributed by atoms with Crippen LogP contribution in [0.3, 0.4) is 0 Å². The molecule has 100 valence electrons. The minimum atomic E-state index is -0.371. The van der Waals surface area contributed by atoms with Gasteiger partial charge >= 0.3 is 0 Å². The molecule has 1 aromatic rings. The summed E-state index contributed by atoms with van der Waals surface area (Å²) < 4.78 is 0. The number of nitrogens with zero attached hydrogens (tertiary/aromatic N) is 1. The first kappa shape index (κ1) is 14.4. The lowest BCUT2D eigenvalue weighted by Gasteiger charge is -2.27. The molecule has 0 aliphatic carbocycles. The summed E-state index contributed by atoms with van der Waals surface area (Å²) in [6.07, 6.45) is 1.78. The Kier molecular flexibility index (Phi) is 4.67. The van der Waals surface area contributed by atoms with Gasteiger partial charge in [0.1, 0.15) is 0 Å². The number of anilines is 1. The van der Waals surface area contributed by atoms with Crippen molar-refractivity contribution in [3.8, 4) is 0 Å². The van der Waals surface area contributed by atoms with Crippen molar-refractivity contribution in [1.82, 2.24) is 0 Å². The van der Waals surface area contributed by atoms with E-state index in [4.69, 9.17) is 5.73 Å². The third-order valence-electron chi connectivity index (χ3n) is 3.45. The largest absolute Gasteiger partial charge is 0.383 e. The van der Waals surface area contributed by atoms with Crippen molar-refractivity contribution in [3.63, 3.8) is 0 Å². The van der Waals surface area contributed by atoms with Gasteiger partial charge in [0.25, 0.3) is 5.69 Å². The zero-order chi connectivity index (χ0) is 13.8. The van der Waals surface area contributed by atoms with Gasteiger partial charge in [-0.25, -0.2) is 0 Å². The van der Waals surface area contributed by atoms with E-state index in [2.05, 4.69) is 19.2 Å². The van der Waals surface area contributed by atoms with Crippen molar-refractivity contribution in [2.24, 2.45) is 5.73 Å². The van der Waals surface area contributed by atoms with Gasteiger partial charge in [-0.05, 0) is 31.9 Å². The number of nitrogens with two attached hydrogens (primary N) is 1. The summed E-state index contributed by atoms with van der Waals surface area (Å²) in [6, 6.07) is 5.02. The molecule has 0 radical (unpaired) electrons. The number of nitro groups is 1. The Balaban J connectivity index is 2.75. The van der Waals surface area contributed by atoms with Crippen LogP contribution in [-0.4, -0.2) is 17.0 Å². The molecular weight excluding hydrogens is 230 g/mol. The van der Waals surface area contributed by atoms with Crippen LogP contribution in [-0.2, 0) is 0 Å². The maximum Gasteiger partial charge on any atom is 0.272 e. The summed E-state index contributed by atoms with van der Waals surface area (Å²) in [7, 11) is 0. The average molecular weight is 251 g/mol. The van der Waals surface area contributed by atoms with Crippen molar-refractivity contribution < 1.29 is 4.92 Å². The van der Waals surface area contributed by atoms with Crippen LogP contribution >= 0.6 is 0 Å². The Morgan fingerprint density at radius 1 is 1.39 bits per heavy atom. The molecule has 0 unspecified atom stereocenters. The minimum Gasteiger partial charge on any atom is -0.383 e. The molecule has 0 saturated carbocycles. The number of nitrogens with one attached hydrogen (secondary N) is 1. The number of hydrogen-bond donors (Lipinski definition) is 2. The minimum absolute atomic E-state index is 0.144. The molecule has 0 aliphatic heterocycles. The molecule has 3 N–H and O–H groups in total. The van der Waals surface area contributed by atoms with Crippen molar-refractivity contribution in [2.75, 3.05) is 11.9 Å². The van der Waals surface area contributed by atoms with Crippen LogP contribution in [0.4, 0.5) is 11.4 Å². The van der Waals surface area contributed by atoms with Gasteiger partial charge in [-0.3, -0.25) is 10.1 Å². The predicted molar refractivity (Wildman–Crippen MR) is 73.8 cm³/mol. The number of rotatable bonds is 6. The first-order valence-corrected chi connectivity index (χ1v) is 6.19. The Bertz CT molecular complexity index is 428. The van der Waals surface area contributed by atoms with Crippen LogP contribution in [0.2, 0.25) is 0 Å². The third-order valence-corrected chi connectivity index (χ3v) is 3.45. The Morgan fingerprint density at radius 2 is 2.00 bits per heavy atom. The quantitative estimate of drug-likeness (QED) is 0.601. The zero-order valence-electron chi connectivity index (χ0n) is 11.2. The maximum atomic E-state index is 10.7. The molecule has 0 aliphatic rings. The van der Waals surface area contributed by atoms with Crippen molar-refractivity contribution in [3.05, 3.63) is 33.9 Å². The fraction of sp³-hybridized carbons (Fsp3) is 0.538. The molecule has 0 aromatic heterocycles. The van der Waals surface area contributed by atoms with Crippen molar-refractivity contribution in [1.29, 1.82) is 0 Å². The molecule has 5 nitrogen and oxygen atoms in total. The fourth-order valence-corrected chi connectivity index (χ4v) is 1.75. The van der Waals surface area contributed by atoms with Crippen LogP contribution < -0.4 is 11.1 Å². The average Bonchev–Trinajstić information content (AvgIpc) is 2.35. The van der Waals surface area contributed by atoms with Crippen molar-refractivity contribution >= 4 is 11.4 Å². The summed E-state index contributed by atoms with van der Waals surface area (Å²) in [5.74, 6) is 0. The van der Waals surface area contributed by atoms with Crippen molar-refractivity contribution in [2.45, 2.75) is 39.2 Å². The van der Waals surface area contributed by atoms with E-state index in [-0.39, 0.29) is 16.1 Å². The summed E-state index contributed by atoms with van der Waals surface area (Å²) in [4.78, 5) is 10.3. The summed E-state index contributed by atoms with van der Waals surface area (Å²) in [5, 5.41) is 14.0.